The fourth-order valence-electron chi connectivity index (χ4n) is 2.01. The molecule has 0 aromatic heterocycles. The van der Waals surface area contributed by atoms with Gasteiger partial charge in [-0.3, -0.25) is 4.90 Å². The molecule has 2 N–H and O–H groups in total. The Bertz CT molecular complexity index is 610. The molecule has 1 amide bonds. The van der Waals surface area contributed by atoms with Crippen molar-refractivity contribution in [2.75, 3.05) is 21.0 Å². The lowest BCUT2D eigenvalue weighted by Crippen LogP contribution is -2.46. The molecule has 0 saturated heterocycles. The summed E-state index contributed by atoms with van der Waals surface area (Å²) in [6.07, 6.45) is -0.729. The van der Waals surface area contributed by atoms with Crippen molar-refractivity contribution in [3.05, 3.63) is 23.8 Å². The molecule has 0 heterocycles. The highest BCUT2D eigenvalue weighted by atomic mass is 16.7. The fourth-order valence-corrected chi connectivity index (χ4v) is 2.01. The SMILES string of the molecule is COCOc1ccc(C[C@@H](C(=O)O)N(C)C(=O)OC(C)(C)C)cc1O. The number of nitrogens with zero attached hydrogens (tertiary/aromatic N) is 1. The molecule has 8 nitrogen and oxygen atoms in total. The highest BCUT2D eigenvalue weighted by Crippen LogP contribution is 2.27. The molecule has 0 aliphatic carbocycles. The Balaban J connectivity index is 2.89. The monoisotopic (exact) mass is 355 g/mol. The maximum Gasteiger partial charge on any atom is 0.410 e. The van der Waals surface area contributed by atoms with Crippen molar-refractivity contribution in [1.29, 1.82) is 0 Å². The van der Waals surface area contributed by atoms with Crippen molar-refractivity contribution in [2.45, 2.75) is 38.8 Å². The highest BCUT2D eigenvalue weighted by molar-refractivity contribution is 5.80. The normalized spacial score (nSPS) is 12.4. The second-order valence-electron chi connectivity index (χ2n) is 6.50. The van der Waals surface area contributed by atoms with E-state index in [1.807, 2.05) is 0 Å². The number of rotatable bonds is 7. The third-order valence-electron chi connectivity index (χ3n) is 3.22. The molecule has 1 aromatic carbocycles. The van der Waals surface area contributed by atoms with Crippen LogP contribution < -0.4 is 4.74 Å². The van der Waals surface area contributed by atoms with Crippen molar-refractivity contribution >= 4 is 12.1 Å². The number of hydrogen-bond donors (Lipinski definition) is 2. The third-order valence-corrected chi connectivity index (χ3v) is 3.22. The van der Waals surface area contributed by atoms with Crippen LogP contribution in [0.3, 0.4) is 0 Å². The van der Waals surface area contributed by atoms with Crippen LogP contribution in [0, 0.1) is 0 Å². The number of aromatic hydroxyl groups is 1. The lowest BCUT2D eigenvalue weighted by molar-refractivity contribution is -0.142. The Hall–Kier alpha value is -2.48. The minimum atomic E-state index is -1.17. The number of methoxy groups -OCH3 is 1. The molecule has 1 aromatic rings. The van der Waals surface area contributed by atoms with E-state index in [1.54, 1.807) is 26.8 Å². The van der Waals surface area contributed by atoms with Crippen LogP contribution in [0.4, 0.5) is 4.79 Å². The Morgan fingerprint density at radius 2 is 1.92 bits per heavy atom. The van der Waals surface area contributed by atoms with E-state index in [-0.39, 0.29) is 24.7 Å². The molecule has 25 heavy (non-hydrogen) atoms. The van der Waals surface area contributed by atoms with E-state index in [0.29, 0.717) is 5.56 Å². The number of phenolic OH excluding ortho intramolecular Hbond substituents is 1. The molecule has 1 rings (SSSR count). The first kappa shape index (κ1) is 20.6. The summed E-state index contributed by atoms with van der Waals surface area (Å²) in [7, 11) is 2.82. The van der Waals surface area contributed by atoms with Crippen LogP contribution in [0.1, 0.15) is 26.3 Å². The first-order valence-corrected chi connectivity index (χ1v) is 7.67. The van der Waals surface area contributed by atoms with Crippen LogP contribution in [0.25, 0.3) is 0 Å². The zero-order valence-corrected chi connectivity index (χ0v) is 15.1. The quantitative estimate of drug-likeness (QED) is 0.723. The zero-order valence-electron chi connectivity index (χ0n) is 15.1. The second-order valence-corrected chi connectivity index (χ2v) is 6.50. The molecule has 0 fully saturated rings. The van der Waals surface area contributed by atoms with Crippen molar-refractivity contribution in [1.82, 2.24) is 4.90 Å². The van der Waals surface area contributed by atoms with Crippen molar-refractivity contribution in [3.8, 4) is 11.5 Å². The highest BCUT2D eigenvalue weighted by Gasteiger charge is 2.30. The van der Waals surface area contributed by atoms with E-state index in [2.05, 4.69) is 0 Å². The van der Waals surface area contributed by atoms with Gasteiger partial charge in [0, 0.05) is 20.6 Å². The molecular weight excluding hydrogens is 330 g/mol. The van der Waals surface area contributed by atoms with Gasteiger partial charge in [0.05, 0.1) is 0 Å². The first-order chi connectivity index (χ1) is 11.5. The van der Waals surface area contributed by atoms with Crippen molar-refractivity contribution < 1.29 is 34.0 Å². The van der Waals surface area contributed by atoms with Gasteiger partial charge in [-0.25, -0.2) is 9.59 Å². The maximum atomic E-state index is 12.1. The Morgan fingerprint density at radius 1 is 1.28 bits per heavy atom. The number of likely N-dealkylation sites (N-methyl/N-ethyl adjacent to an activating group) is 1. The topological polar surface area (TPSA) is 106 Å². The number of amides is 1. The number of benzene rings is 1. The van der Waals surface area contributed by atoms with E-state index in [4.69, 9.17) is 14.2 Å². The summed E-state index contributed by atoms with van der Waals surface area (Å²) in [5.41, 5.74) is -0.197. The van der Waals surface area contributed by atoms with Crippen LogP contribution in [-0.2, 0) is 20.7 Å². The van der Waals surface area contributed by atoms with Crippen molar-refractivity contribution in [3.63, 3.8) is 0 Å². The Morgan fingerprint density at radius 3 is 2.40 bits per heavy atom. The number of ether oxygens (including phenoxy) is 3. The number of aliphatic carboxylic acids is 1. The van der Waals surface area contributed by atoms with Gasteiger partial charge < -0.3 is 24.4 Å². The summed E-state index contributed by atoms with van der Waals surface area (Å²) in [6, 6.07) is 3.38. The van der Waals surface area contributed by atoms with Gasteiger partial charge in [0.25, 0.3) is 0 Å². The van der Waals surface area contributed by atoms with E-state index < -0.39 is 23.7 Å². The molecule has 0 radical (unpaired) electrons. The molecular formula is C17H25NO7. The summed E-state index contributed by atoms with van der Waals surface area (Å²) < 4.78 is 15.1. The van der Waals surface area contributed by atoms with Gasteiger partial charge in [0.2, 0.25) is 0 Å². The van der Waals surface area contributed by atoms with E-state index >= 15 is 0 Å². The second kappa shape index (κ2) is 8.57. The number of carboxylic acid groups (broad SMARTS) is 1. The van der Waals surface area contributed by atoms with Crippen LogP contribution in [0.15, 0.2) is 18.2 Å². The van der Waals surface area contributed by atoms with Gasteiger partial charge in [0.1, 0.15) is 11.6 Å². The van der Waals surface area contributed by atoms with Gasteiger partial charge in [-0.2, -0.15) is 0 Å². The van der Waals surface area contributed by atoms with Gasteiger partial charge in [0.15, 0.2) is 18.3 Å². The lowest BCUT2D eigenvalue weighted by Gasteiger charge is -2.28. The Labute approximate surface area is 146 Å². The standard InChI is InChI=1S/C17H25NO7/c1-17(2,3)25-16(22)18(4)12(15(20)21)8-11-6-7-14(13(19)9-11)24-10-23-5/h6-7,9,12,19H,8,10H2,1-5H3,(H,20,21)/t12-/m0/s1. The van der Waals surface area contributed by atoms with Crippen LogP contribution in [-0.4, -0.2) is 59.8 Å². The molecule has 8 heteroatoms. The number of phenols is 1. The average Bonchev–Trinajstić information content (AvgIpc) is 2.49. The minimum absolute atomic E-state index is 0.00317. The number of carboxylic acids is 1. The predicted molar refractivity (Wildman–Crippen MR) is 89.7 cm³/mol. The molecule has 0 unspecified atom stereocenters. The molecule has 140 valence electrons. The van der Waals surface area contributed by atoms with Crippen molar-refractivity contribution in [2.24, 2.45) is 0 Å². The first-order valence-electron chi connectivity index (χ1n) is 7.67. The van der Waals surface area contributed by atoms with E-state index in [9.17, 15) is 19.8 Å². The molecule has 0 aliphatic rings. The number of carbonyl (C=O) groups excluding carboxylic acids is 1. The lowest BCUT2D eigenvalue weighted by atomic mass is 10.0. The number of hydrogen-bond acceptors (Lipinski definition) is 6. The Kier molecular flexibility index (Phi) is 7.05. The largest absolute Gasteiger partial charge is 0.504 e. The summed E-state index contributed by atoms with van der Waals surface area (Å²) in [5, 5.41) is 19.4. The third kappa shape index (κ3) is 6.50. The van der Waals surface area contributed by atoms with Gasteiger partial charge in [-0.15, -0.1) is 0 Å². The van der Waals surface area contributed by atoms with Crippen LogP contribution >= 0.6 is 0 Å². The van der Waals surface area contributed by atoms with Gasteiger partial charge >= 0.3 is 12.1 Å². The van der Waals surface area contributed by atoms with Crippen LogP contribution in [0.5, 0.6) is 11.5 Å². The molecule has 0 spiro atoms. The average molecular weight is 355 g/mol. The molecule has 0 aliphatic heterocycles. The molecule has 1 atom stereocenters. The zero-order chi connectivity index (χ0) is 19.2. The molecule has 0 saturated carbocycles. The van der Waals surface area contributed by atoms with Gasteiger partial charge in [-0.05, 0) is 38.5 Å². The maximum absolute atomic E-state index is 12.1. The minimum Gasteiger partial charge on any atom is -0.504 e. The van der Waals surface area contributed by atoms with Crippen LogP contribution in [0.2, 0.25) is 0 Å². The van der Waals surface area contributed by atoms with E-state index in [1.165, 1.54) is 26.3 Å². The summed E-state index contributed by atoms with van der Waals surface area (Å²) in [5.74, 6) is -1.09. The van der Waals surface area contributed by atoms with Gasteiger partial charge in [-0.1, -0.05) is 6.07 Å². The summed E-state index contributed by atoms with van der Waals surface area (Å²) >= 11 is 0. The predicted octanol–water partition coefficient (Wildman–Crippen LogP) is 2.24. The number of carbonyl (C=O) groups is 2. The smallest absolute Gasteiger partial charge is 0.410 e. The van der Waals surface area contributed by atoms with E-state index in [0.717, 1.165) is 4.90 Å². The fraction of sp³-hybridized carbons (Fsp3) is 0.529. The molecule has 0 bridgehead atoms. The summed E-state index contributed by atoms with van der Waals surface area (Å²) in [6.45, 7) is 5.08. The summed E-state index contributed by atoms with van der Waals surface area (Å²) in [4.78, 5) is 24.7.